The van der Waals surface area contributed by atoms with Crippen LogP contribution in [-0.4, -0.2) is 46.4 Å². The standard InChI is InChI=1S/C14H22N2O3/c1-10-7-11(15-2)5-6-13(10)14(17)16-8-12(19-4)9-18-3/h5-7,12,15H,8-9H2,1-4H3,(H,16,17). The number of ether oxygens (including phenoxy) is 2. The second-order valence-electron chi connectivity index (χ2n) is 4.30. The molecular weight excluding hydrogens is 244 g/mol. The van der Waals surface area contributed by atoms with Crippen LogP contribution in [0.2, 0.25) is 0 Å². The second-order valence-corrected chi connectivity index (χ2v) is 4.30. The van der Waals surface area contributed by atoms with Gasteiger partial charge >= 0.3 is 0 Å². The van der Waals surface area contributed by atoms with Gasteiger partial charge in [0.2, 0.25) is 0 Å². The summed E-state index contributed by atoms with van der Waals surface area (Å²) in [6.07, 6.45) is -0.133. The van der Waals surface area contributed by atoms with E-state index in [1.54, 1.807) is 14.2 Å². The molecule has 1 unspecified atom stereocenters. The van der Waals surface area contributed by atoms with Gasteiger partial charge in [-0.05, 0) is 30.7 Å². The van der Waals surface area contributed by atoms with Gasteiger partial charge in [0.05, 0.1) is 12.7 Å². The maximum atomic E-state index is 12.1. The Balaban J connectivity index is 2.63. The third-order valence-corrected chi connectivity index (χ3v) is 2.94. The number of hydrogen-bond donors (Lipinski definition) is 2. The van der Waals surface area contributed by atoms with Crippen LogP contribution in [0.3, 0.4) is 0 Å². The molecule has 5 nitrogen and oxygen atoms in total. The summed E-state index contributed by atoms with van der Waals surface area (Å²) in [6.45, 7) is 2.80. The molecule has 0 aliphatic carbocycles. The van der Waals surface area contributed by atoms with E-state index in [0.717, 1.165) is 11.3 Å². The van der Waals surface area contributed by atoms with Gasteiger partial charge in [-0.25, -0.2) is 0 Å². The predicted octanol–water partition coefficient (Wildman–Crippen LogP) is 1.43. The molecule has 2 N–H and O–H groups in total. The number of benzene rings is 1. The average Bonchev–Trinajstić information content (AvgIpc) is 2.42. The minimum Gasteiger partial charge on any atom is -0.388 e. The third kappa shape index (κ3) is 4.54. The Labute approximate surface area is 114 Å². The summed E-state index contributed by atoms with van der Waals surface area (Å²) in [6, 6.07) is 5.64. The first-order chi connectivity index (χ1) is 9.12. The first-order valence-electron chi connectivity index (χ1n) is 6.20. The first kappa shape index (κ1) is 15.5. The minimum atomic E-state index is -0.133. The van der Waals surface area contributed by atoms with E-state index in [-0.39, 0.29) is 12.0 Å². The largest absolute Gasteiger partial charge is 0.388 e. The number of nitrogens with one attached hydrogen (secondary N) is 2. The first-order valence-corrected chi connectivity index (χ1v) is 6.20. The smallest absolute Gasteiger partial charge is 0.251 e. The maximum Gasteiger partial charge on any atom is 0.251 e. The lowest BCUT2D eigenvalue weighted by molar-refractivity contribution is 0.0285. The fourth-order valence-electron chi connectivity index (χ4n) is 1.77. The molecule has 1 amide bonds. The van der Waals surface area contributed by atoms with Crippen LogP contribution in [-0.2, 0) is 9.47 Å². The molecule has 0 heterocycles. The van der Waals surface area contributed by atoms with Gasteiger partial charge < -0.3 is 20.1 Å². The molecule has 0 aromatic heterocycles. The molecule has 1 atom stereocenters. The number of aryl methyl sites for hydroxylation is 1. The Hall–Kier alpha value is -1.59. The van der Waals surface area contributed by atoms with Crippen LogP contribution in [0.4, 0.5) is 5.69 Å². The van der Waals surface area contributed by atoms with Crippen LogP contribution >= 0.6 is 0 Å². The quantitative estimate of drug-likeness (QED) is 0.784. The molecule has 0 saturated heterocycles. The van der Waals surface area contributed by atoms with Gasteiger partial charge in [0.25, 0.3) is 5.91 Å². The van der Waals surface area contributed by atoms with Crippen molar-refractivity contribution in [3.63, 3.8) is 0 Å². The number of rotatable bonds is 7. The Morgan fingerprint density at radius 3 is 2.63 bits per heavy atom. The summed E-state index contributed by atoms with van der Waals surface area (Å²) in [4.78, 5) is 12.1. The molecule has 0 aliphatic heterocycles. The Kier molecular flexibility index (Phi) is 6.32. The van der Waals surface area contributed by atoms with E-state index in [2.05, 4.69) is 10.6 Å². The predicted molar refractivity (Wildman–Crippen MR) is 75.7 cm³/mol. The van der Waals surface area contributed by atoms with Crippen molar-refractivity contribution in [1.82, 2.24) is 5.32 Å². The van der Waals surface area contributed by atoms with Crippen LogP contribution in [0, 0.1) is 6.92 Å². The van der Waals surface area contributed by atoms with E-state index in [1.807, 2.05) is 32.2 Å². The van der Waals surface area contributed by atoms with Crippen molar-refractivity contribution >= 4 is 11.6 Å². The number of carbonyl (C=O) groups excluding carboxylic acids is 1. The van der Waals surface area contributed by atoms with Crippen molar-refractivity contribution in [2.24, 2.45) is 0 Å². The van der Waals surface area contributed by atoms with E-state index in [0.29, 0.717) is 18.7 Å². The summed E-state index contributed by atoms with van der Waals surface area (Å²) < 4.78 is 10.2. The molecule has 0 bridgehead atoms. The van der Waals surface area contributed by atoms with Crippen LogP contribution in [0.15, 0.2) is 18.2 Å². The van der Waals surface area contributed by atoms with Gasteiger partial charge in [0, 0.05) is 39.1 Å². The van der Waals surface area contributed by atoms with Gasteiger partial charge in [-0.15, -0.1) is 0 Å². The van der Waals surface area contributed by atoms with Crippen molar-refractivity contribution in [2.45, 2.75) is 13.0 Å². The van der Waals surface area contributed by atoms with E-state index in [1.165, 1.54) is 0 Å². The van der Waals surface area contributed by atoms with Crippen LogP contribution in [0.1, 0.15) is 15.9 Å². The number of anilines is 1. The Morgan fingerprint density at radius 1 is 1.37 bits per heavy atom. The van der Waals surface area contributed by atoms with Crippen LogP contribution < -0.4 is 10.6 Å². The Bertz CT molecular complexity index is 421. The van der Waals surface area contributed by atoms with Gasteiger partial charge in [-0.1, -0.05) is 0 Å². The molecule has 19 heavy (non-hydrogen) atoms. The van der Waals surface area contributed by atoms with Crippen molar-refractivity contribution in [3.8, 4) is 0 Å². The zero-order valence-corrected chi connectivity index (χ0v) is 11.9. The summed E-state index contributed by atoms with van der Waals surface area (Å²) in [5, 5.41) is 5.89. The highest BCUT2D eigenvalue weighted by molar-refractivity contribution is 5.96. The SMILES string of the molecule is CNc1ccc(C(=O)NCC(COC)OC)c(C)c1. The molecule has 0 aliphatic rings. The third-order valence-electron chi connectivity index (χ3n) is 2.94. The van der Waals surface area contributed by atoms with Crippen LogP contribution in [0.25, 0.3) is 0 Å². The molecule has 0 saturated carbocycles. The Morgan fingerprint density at radius 2 is 2.11 bits per heavy atom. The number of carbonyl (C=O) groups is 1. The van der Waals surface area contributed by atoms with Crippen molar-refractivity contribution in [1.29, 1.82) is 0 Å². The van der Waals surface area contributed by atoms with E-state index in [4.69, 9.17) is 9.47 Å². The van der Waals surface area contributed by atoms with Gasteiger partial charge in [-0.3, -0.25) is 4.79 Å². The molecule has 0 radical (unpaired) electrons. The highest BCUT2D eigenvalue weighted by atomic mass is 16.5. The van der Waals surface area contributed by atoms with Gasteiger partial charge in [0.15, 0.2) is 0 Å². The molecule has 0 spiro atoms. The molecule has 1 rings (SSSR count). The normalized spacial score (nSPS) is 12.0. The van der Waals surface area contributed by atoms with E-state index < -0.39 is 0 Å². The highest BCUT2D eigenvalue weighted by Gasteiger charge is 2.12. The summed E-state index contributed by atoms with van der Waals surface area (Å²) >= 11 is 0. The molecule has 1 aromatic rings. The fraction of sp³-hybridized carbons (Fsp3) is 0.500. The van der Waals surface area contributed by atoms with Gasteiger partial charge in [-0.2, -0.15) is 0 Å². The van der Waals surface area contributed by atoms with Crippen molar-refractivity contribution < 1.29 is 14.3 Å². The summed E-state index contributed by atoms with van der Waals surface area (Å²) in [5.41, 5.74) is 2.60. The van der Waals surface area contributed by atoms with E-state index in [9.17, 15) is 4.79 Å². The summed E-state index contributed by atoms with van der Waals surface area (Å²) in [7, 11) is 5.06. The minimum absolute atomic E-state index is 0.0988. The molecule has 5 heteroatoms. The lowest BCUT2D eigenvalue weighted by Gasteiger charge is -2.15. The zero-order chi connectivity index (χ0) is 14.3. The number of hydrogen-bond acceptors (Lipinski definition) is 4. The van der Waals surface area contributed by atoms with Crippen molar-refractivity contribution in [3.05, 3.63) is 29.3 Å². The van der Waals surface area contributed by atoms with Crippen LogP contribution in [0.5, 0.6) is 0 Å². The lowest BCUT2D eigenvalue weighted by Crippen LogP contribution is -2.35. The highest BCUT2D eigenvalue weighted by Crippen LogP contribution is 2.14. The fourth-order valence-corrected chi connectivity index (χ4v) is 1.77. The number of amides is 1. The number of methoxy groups -OCH3 is 2. The molecular formula is C14H22N2O3. The lowest BCUT2D eigenvalue weighted by atomic mass is 10.1. The summed E-state index contributed by atoms with van der Waals surface area (Å²) in [5.74, 6) is -0.0988. The molecule has 0 fully saturated rings. The molecule has 1 aromatic carbocycles. The van der Waals surface area contributed by atoms with Crippen molar-refractivity contribution in [2.75, 3.05) is 39.7 Å². The zero-order valence-electron chi connectivity index (χ0n) is 11.9. The van der Waals surface area contributed by atoms with Gasteiger partial charge in [0.1, 0.15) is 0 Å². The second kappa shape index (κ2) is 7.76. The monoisotopic (exact) mass is 266 g/mol. The topological polar surface area (TPSA) is 59.6 Å². The van der Waals surface area contributed by atoms with E-state index >= 15 is 0 Å². The maximum absolute atomic E-state index is 12.1. The average molecular weight is 266 g/mol. The molecule has 106 valence electrons.